The van der Waals surface area contributed by atoms with E-state index >= 15 is 0 Å². The van der Waals surface area contributed by atoms with Gasteiger partial charge in [-0.1, -0.05) is 30.9 Å². The predicted molar refractivity (Wildman–Crippen MR) is 79.9 cm³/mol. The average Bonchev–Trinajstić information content (AvgIpc) is 2.89. The number of carbonyl (C=O) groups excluding carboxylic acids is 1. The molecule has 0 unspecified atom stereocenters. The molecule has 2 aromatic rings. The molecule has 1 heterocycles. The average molecular weight is 271 g/mol. The first-order valence-corrected chi connectivity index (χ1v) is 7.51. The van der Waals surface area contributed by atoms with Gasteiger partial charge in [0.2, 0.25) is 0 Å². The van der Waals surface area contributed by atoms with Crippen LogP contribution in [0.1, 0.15) is 48.2 Å². The maximum atomic E-state index is 12.1. The Labute approximate surface area is 119 Å². The second-order valence-corrected chi connectivity index (χ2v) is 5.87. The van der Waals surface area contributed by atoms with Crippen LogP contribution in [0.5, 0.6) is 0 Å². The van der Waals surface area contributed by atoms with Gasteiger partial charge in [0.1, 0.15) is 5.58 Å². The summed E-state index contributed by atoms with van der Waals surface area (Å²) in [6.45, 7) is 2.81. The molecule has 0 atom stereocenters. The van der Waals surface area contributed by atoms with Gasteiger partial charge in [0.25, 0.3) is 5.91 Å². The molecule has 20 heavy (non-hydrogen) atoms. The molecular weight excluding hydrogens is 250 g/mol. The fraction of sp³-hybridized carbons (Fsp3) is 0.471. The van der Waals surface area contributed by atoms with Crippen molar-refractivity contribution in [2.75, 3.05) is 6.54 Å². The lowest BCUT2D eigenvalue weighted by molar-refractivity contribution is 0.0918. The molecule has 0 aliphatic heterocycles. The Bertz CT molecular complexity index is 608. The van der Waals surface area contributed by atoms with Crippen molar-refractivity contribution in [1.82, 2.24) is 5.32 Å². The van der Waals surface area contributed by atoms with E-state index in [2.05, 4.69) is 5.32 Å². The van der Waals surface area contributed by atoms with E-state index in [4.69, 9.17) is 4.42 Å². The van der Waals surface area contributed by atoms with Gasteiger partial charge in [0.15, 0.2) is 5.76 Å². The Morgan fingerprint density at radius 1 is 1.25 bits per heavy atom. The minimum Gasteiger partial charge on any atom is -0.451 e. The Balaban J connectivity index is 1.65. The molecule has 3 rings (SSSR count). The molecule has 0 spiro atoms. The zero-order chi connectivity index (χ0) is 13.9. The Hall–Kier alpha value is -1.77. The Morgan fingerprint density at radius 3 is 2.85 bits per heavy atom. The second kappa shape index (κ2) is 5.70. The number of aryl methyl sites for hydroxylation is 1. The summed E-state index contributed by atoms with van der Waals surface area (Å²) in [5.74, 6) is 0.963. The standard InChI is InChI=1S/C17H21NO2/c1-12-7-8-15-14(9-12)10-16(20-15)17(19)18-11-13-5-3-2-4-6-13/h7-10,13H,2-6,11H2,1H3,(H,18,19). The lowest BCUT2D eigenvalue weighted by atomic mass is 9.89. The first kappa shape index (κ1) is 13.2. The molecular formula is C17H21NO2. The summed E-state index contributed by atoms with van der Waals surface area (Å²) in [6.07, 6.45) is 6.40. The van der Waals surface area contributed by atoms with Gasteiger partial charge in [-0.05, 0) is 43.9 Å². The van der Waals surface area contributed by atoms with Gasteiger partial charge in [-0.3, -0.25) is 4.79 Å². The van der Waals surface area contributed by atoms with Gasteiger partial charge in [-0.2, -0.15) is 0 Å². The van der Waals surface area contributed by atoms with Crippen molar-refractivity contribution in [3.63, 3.8) is 0 Å². The SMILES string of the molecule is Cc1ccc2oc(C(=O)NCC3CCCCC3)cc2c1. The fourth-order valence-corrected chi connectivity index (χ4v) is 2.99. The summed E-state index contributed by atoms with van der Waals surface area (Å²) in [7, 11) is 0. The normalized spacial score (nSPS) is 16.4. The minimum absolute atomic E-state index is 0.0931. The monoisotopic (exact) mass is 271 g/mol. The molecule has 106 valence electrons. The molecule has 3 nitrogen and oxygen atoms in total. The van der Waals surface area contributed by atoms with Gasteiger partial charge in [0, 0.05) is 11.9 Å². The molecule has 0 saturated heterocycles. The first-order valence-electron chi connectivity index (χ1n) is 7.51. The summed E-state index contributed by atoms with van der Waals surface area (Å²) < 4.78 is 5.61. The van der Waals surface area contributed by atoms with Crippen molar-refractivity contribution in [2.24, 2.45) is 5.92 Å². The maximum Gasteiger partial charge on any atom is 0.287 e. The van der Waals surface area contributed by atoms with Crippen LogP contribution < -0.4 is 5.32 Å². The number of hydrogen-bond donors (Lipinski definition) is 1. The molecule has 0 bridgehead atoms. The zero-order valence-corrected chi connectivity index (χ0v) is 11.9. The largest absolute Gasteiger partial charge is 0.451 e. The van der Waals surface area contributed by atoms with Crippen LogP contribution in [0.4, 0.5) is 0 Å². The van der Waals surface area contributed by atoms with Crippen molar-refractivity contribution in [2.45, 2.75) is 39.0 Å². The number of hydrogen-bond acceptors (Lipinski definition) is 2. The van der Waals surface area contributed by atoms with Crippen LogP contribution in [0.2, 0.25) is 0 Å². The number of rotatable bonds is 3. The van der Waals surface area contributed by atoms with E-state index in [9.17, 15) is 4.79 Å². The highest BCUT2D eigenvalue weighted by Crippen LogP contribution is 2.23. The van der Waals surface area contributed by atoms with Crippen LogP contribution in [0.25, 0.3) is 11.0 Å². The number of furan rings is 1. The van der Waals surface area contributed by atoms with E-state index in [1.54, 1.807) is 0 Å². The summed E-state index contributed by atoms with van der Waals surface area (Å²) in [6, 6.07) is 7.79. The number of carbonyl (C=O) groups is 1. The Kier molecular flexibility index (Phi) is 3.77. The number of benzene rings is 1. The molecule has 1 aromatic carbocycles. The third-order valence-corrected chi connectivity index (χ3v) is 4.17. The fourth-order valence-electron chi connectivity index (χ4n) is 2.99. The van der Waals surface area contributed by atoms with E-state index in [0.717, 1.165) is 17.5 Å². The molecule has 1 saturated carbocycles. The van der Waals surface area contributed by atoms with Gasteiger partial charge in [0.05, 0.1) is 0 Å². The van der Waals surface area contributed by atoms with Crippen LogP contribution in [0, 0.1) is 12.8 Å². The number of fused-ring (bicyclic) bond motifs is 1. The van der Waals surface area contributed by atoms with Crippen LogP contribution in [0.3, 0.4) is 0 Å². The molecule has 1 fully saturated rings. The van der Waals surface area contributed by atoms with E-state index in [0.29, 0.717) is 11.7 Å². The number of amides is 1. The third-order valence-electron chi connectivity index (χ3n) is 4.17. The molecule has 1 aliphatic carbocycles. The summed E-state index contributed by atoms with van der Waals surface area (Å²) in [5.41, 5.74) is 1.95. The van der Waals surface area contributed by atoms with Gasteiger partial charge in [-0.15, -0.1) is 0 Å². The number of nitrogens with one attached hydrogen (secondary N) is 1. The second-order valence-electron chi connectivity index (χ2n) is 5.87. The predicted octanol–water partition coefficient (Wildman–Crippen LogP) is 4.05. The summed E-state index contributed by atoms with van der Waals surface area (Å²) in [4.78, 5) is 12.1. The van der Waals surface area contributed by atoms with Crippen molar-refractivity contribution in [3.05, 3.63) is 35.6 Å². The van der Waals surface area contributed by atoms with Crippen molar-refractivity contribution < 1.29 is 9.21 Å². The molecule has 0 radical (unpaired) electrons. The van der Waals surface area contributed by atoms with Crippen LogP contribution in [0.15, 0.2) is 28.7 Å². The molecule has 1 aromatic heterocycles. The topological polar surface area (TPSA) is 42.2 Å². The molecule has 1 N–H and O–H groups in total. The lowest BCUT2D eigenvalue weighted by Crippen LogP contribution is -2.29. The maximum absolute atomic E-state index is 12.1. The summed E-state index contributed by atoms with van der Waals surface area (Å²) in [5, 5.41) is 4.00. The van der Waals surface area contributed by atoms with Gasteiger partial charge < -0.3 is 9.73 Å². The highest BCUT2D eigenvalue weighted by atomic mass is 16.3. The van der Waals surface area contributed by atoms with E-state index in [1.165, 1.54) is 37.7 Å². The third kappa shape index (κ3) is 2.87. The zero-order valence-electron chi connectivity index (χ0n) is 11.9. The van der Waals surface area contributed by atoms with Crippen LogP contribution in [-0.2, 0) is 0 Å². The van der Waals surface area contributed by atoms with E-state index in [1.807, 2.05) is 31.2 Å². The quantitative estimate of drug-likeness (QED) is 0.915. The molecule has 3 heteroatoms. The van der Waals surface area contributed by atoms with Crippen molar-refractivity contribution in [3.8, 4) is 0 Å². The van der Waals surface area contributed by atoms with E-state index in [-0.39, 0.29) is 5.91 Å². The van der Waals surface area contributed by atoms with Crippen molar-refractivity contribution in [1.29, 1.82) is 0 Å². The van der Waals surface area contributed by atoms with Gasteiger partial charge in [-0.25, -0.2) is 0 Å². The van der Waals surface area contributed by atoms with Crippen molar-refractivity contribution >= 4 is 16.9 Å². The highest BCUT2D eigenvalue weighted by molar-refractivity contribution is 5.96. The highest BCUT2D eigenvalue weighted by Gasteiger charge is 2.16. The van der Waals surface area contributed by atoms with Crippen LogP contribution in [-0.4, -0.2) is 12.5 Å². The molecule has 1 aliphatic rings. The smallest absolute Gasteiger partial charge is 0.287 e. The summed E-state index contributed by atoms with van der Waals surface area (Å²) >= 11 is 0. The van der Waals surface area contributed by atoms with Crippen LogP contribution >= 0.6 is 0 Å². The molecule has 1 amide bonds. The Morgan fingerprint density at radius 2 is 2.05 bits per heavy atom. The van der Waals surface area contributed by atoms with Gasteiger partial charge >= 0.3 is 0 Å². The first-order chi connectivity index (χ1) is 9.72. The lowest BCUT2D eigenvalue weighted by Gasteiger charge is -2.21. The minimum atomic E-state index is -0.0931. The van der Waals surface area contributed by atoms with E-state index < -0.39 is 0 Å².